The first-order valence-corrected chi connectivity index (χ1v) is 12.5. The van der Waals surface area contributed by atoms with Crippen molar-refractivity contribution in [3.63, 3.8) is 0 Å². The number of carbonyl (C=O) groups is 1. The molecule has 0 atom stereocenters. The predicted octanol–water partition coefficient (Wildman–Crippen LogP) is 7.30. The fourth-order valence-electron chi connectivity index (χ4n) is 3.27. The van der Waals surface area contributed by atoms with E-state index < -0.39 is 5.91 Å². The van der Waals surface area contributed by atoms with Crippen molar-refractivity contribution in [3.8, 4) is 29.1 Å². The molecule has 0 heterocycles. The van der Waals surface area contributed by atoms with Gasteiger partial charge < -0.3 is 24.3 Å². The van der Waals surface area contributed by atoms with Crippen LogP contribution in [-0.4, -0.2) is 26.7 Å². The Morgan fingerprint density at radius 3 is 2.35 bits per heavy atom. The van der Waals surface area contributed by atoms with Gasteiger partial charge in [-0.2, -0.15) is 5.26 Å². The third-order valence-electron chi connectivity index (χ3n) is 5.03. The standard InChI is InChI=1S/C27H23BrCl2N2O5/c1-4-36-25-11-17(10-20(28)26(25)37-15-16-5-7-19(29)8-6-16)9-18(14-31)27(33)32-22-13-23(34-2)21(30)12-24(22)35-3/h5-13H,4,15H2,1-3H3,(H,32,33)/b18-9+. The Labute approximate surface area is 233 Å². The molecule has 1 N–H and O–H groups in total. The van der Waals surface area contributed by atoms with Crippen molar-refractivity contribution in [2.45, 2.75) is 13.5 Å². The maximum Gasteiger partial charge on any atom is 0.266 e. The predicted molar refractivity (Wildman–Crippen MR) is 148 cm³/mol. The zero-order valence-electron chi connectivity index (χ0n) is 20.2. The second kappa shape index (κ2) is 13.2. The van der Waals surface area contributed by atoms with E-state index in [9.17, 15) is 10.1 Å². The Kier molecular flexibility index (Phi) is 10.1. The highest BCUT2D eigenvalue weighted by atomic mass is 79.9. The molecule has 0 aliphatic carbocycles. The summed E-state index contributed by atoms with van der Waals surface area (Å²) >= 11 is 15.6. The molecule has 3 aromatic rings. The highest BCUT2D eigenvalue weighted by Crippen LogP contribution is 2.39. The van der Waals surface area contributed by atoms with Gasteiger partial charge in [0.25, 0.3) is 5.91 Å². The van der Waals surface area contributed by atoms with Crippen LogP contribution in [0.15, 0.2) is 58.6 Å². The molecule has 0 unspecified atom stereocenters. The van der Waals surface area contributed by atoms with Crippen LogP contribution >= 0.6 is 39.1 Å². The molecule has 0 spiro atoms. The van der Waals surface area contributed by atoms with Gasteiger partial charge in [0.2, 0.25) is 0 Å². The number of hydrogen-bond acceptors (Lipinski definition) is 6. The molecule has 10 heteroatoms. The average molecular weight is 606 g/mol. The van der Waals surface area contributed by atoms with E-state index in [-0.39, 0.29) is 5.57 Å². The number of nitriles is 1. The molecule has 0 fully saturated rings. The van der Waals surface area contributed by atoms with E-state index in [1.807, 2.05) is 25.1 Å². The summed E-state index contributed by atoms with van der Waals surface area (Å²) in [5.41, 5.74) is 1.65. The van der Waals surface area contributed by atoms with Crippen molar-refractivity contribution in [3.05, 3.63) is 79.7 Å². The molecule has 192 valence electrons. The Bertz CT molecular complexity index is 1350. The van der Waals surface area contributed by atoms with Crippen LogP contribution < -0.4 is 24.3 Å². The number of nitrogens with one attached hydrogen (secondary N) is 1. The highest BCUT2D eigenvalue weighted by molar-refractivity contribution is 9.10. The number of anilines is 1. The monoisotopic (exact) mass is 604 g/mol. The summed E-state index contributed by atoms with van der Waals surface area (Å²) in [5, 5.41) is 13.3. The molecule has 3 aromatic carbocycles. The molecular formula is C27H23BrCl2N2O5. The minimum atomic E-state index is -0.637. The SMILES string of the molecule is CCOc1cc(/C=C(\C#N)C(=O)Nc2cc(OC)c(Cl)cc2OC)cc(Br)c1OCc1ccc(Cl)cc1. The van der Waals surface area contributed by atoms with Crippen LogP contribution in [0.2, 0.25) is 10.0 Å². The lowest BCUT2D eigenvalue weighted by molar-refractivity contribution is -0.112. The van der Waals surface area contributed by atoms with E-state index in [0.29, 0.717) is 62.0 Å². The molecular weight excluding hydrogens is 583 g/mol. The second-order valence-electron chi connectivity index (χ2n) is 7.49. The van der Waals surface area contributed by atoms with E-state index in [0.717, 1.165) is 5.56 Å². The van der Waals surface area contributed by atoms with Gasteiger partial charge in [0.1, 0.15) is 29.7 Å². The lowest BCUT2D eigenvalue weighted by atomic mass is 10.1. The number of nitrogens with zero attached hydrogens (tertiary/aromatic N) is 1. The van der Waals surface area contributed by atoms with E-state index in [4.69, 9.17) is 42.1 Å². The number of hydrogen-bond donors (Lipinski definition) is 1. The maximum atomic E-state index is 12.9. The van der Waals surface area contributed by atoms with Gasteiger partial charge in [0, 0.05) is 17.2 Å². The molecule has 37 heavy (non-hydrogen) atoms. The number of benzene rings is 3. The number of carbonyl (C=O) groups excluding carboxylic acids is 1. The summed E-state index contributed by atoms with van der Waals surface area (Å²) in [6.07, 6.45) is 1.45. The fourth-order valence-corrected chi connectivity index (χ4v) is 4.20. The molecule has 0 saturated carbocycles. The summed E-state index contributed by atoms with van der Waals surface area (Å²) in [6, 6.07) is 15.7. The molecule has 0 aliphatic rings. The minimum Gasteiger partial charge on any atom is -0.495 e. The van der Waals surface area contributed by atoms with Gasteiger partial charge in [0.15, 0.2) is 11.5 Å². The normalized spacial score (nSPS) is 10.9. The zero-order valence-corrected chi connectivity index (χ0v) is 23.3. The summed E-state index contributed by atoms with van der Waals surface area (Å²) in [4.78, 5) is 12.9. The lowest BCUT2D eigenvalue weighted by Gasteiger charge is -2.15. The number of amides is 1. The molecule has 3 rings (SSSR count). The average Bonchev–Trinajstić information content (AvgIpc) is 2.88. The van der Waals surface area contributed by atoms with E-state index in [2.05, 4.69) is 21.2 Å². The van der Waals surface area contributed by atoms with Crippen molar-refractivity contribution in [2.24, 2.45) is 0 Å². The van der Waals surface area contributed by atoms with Crippen LogP contribution in [0.1, 0.15) is 18.1 Å². The maximum absolute atomic E-state index is 12.9. The van der Waals surface area contributed by atoms with Crippen molar-refractivity contribution < 1.29 is 23.7 Å². The topological polar surface area (TPSA) is 89.8 Å². The molecule has 1 amide bonds. The minimum absolute atomic E-state index is 0.139. The number of rotatable bonds is 10. The van der Waals surface area contributed by atoms with Crippen molar-refractivity contribution in [1.29, 1.82) is 5.26 Å². The van der Waals surface area contributed by atoms with Crippen molar-refractivity contribution in [1.82, 2.24) is 0 Å². The lowest BCUT2D eigenvalue weighted by Crippen LogP contribution is -2.14. The van der Waals surface area contributed by atoms with Gasteiger partial charge in [-0.15, -0.1) is 0 Å². The van der Waals surface area contributed by atoms with Crippen LogP contribution in [0.25, 0.3) is 6.08 Å². The Morgan fingerprint density at radius 1 is 1.03 bits per heavy atom. The number of methoxy groups -OCH3 is 2. The smallest absolute Gasteiger partial charge is 0.266 e. The van der Waals surface area contributed by atoms with Crippen LogP contribution in [0.5, 0.6) is 23.0 Å². The fraction of sp³-hybridized carbons (Fsp3) is 0.185. The molecule has 0 saturated heterocycles. The van der Waals surface area contributed by atoms with E-state index in [1.54, 1.807) is 24.3 Å². The molecule has 0 aromatic heterocycles. The molecule has 0 radical (unpaired) electrons. The van der Waals surface area contributed by atoms with Crippen LogP contribution in [-0.2, 0) is 11.4 Å². The first-order chi connectivity index (χ1) is 17.8. The third kappa shape index (κ3) is 7.32. The summed E-state index contributed by atoms with van der Waals surface area (Å²) in [7, 11) is 2.90. The van der Waals surface area contributed by atoms with Gasteiger partial charge in [-0.3, -0.25) is 4.79 Å². The second-order valence-corrected chi connectivity index (χ2v) is 9.19. The largest absolute Gasteiger partial charge is 0.495 e. The summed E-state index contributed by atoms with van der Waals surface area (Å²) < 4.78 is 22.9. The molecule has 0 aliphatic heterocycles. The van der Waals surface area contributed by atoms with Crippen LogP contribution in [0.4, 0.5) is 5.69 Å². The first-order valence-electron chi connectivity index (χ1n) is 11.0. The first kappa shape index (κ1) is 28.2. The van der Waals surface area contributed by atoms with Gasteiger partial charge in [-0.25, -0.2) is 0 Å². The van der Waals surface area contributed by atoms with Crippen molar-refractivity contribution >= 4 is 56.8 Å². The van der Waals surface area contributed by atoms with E-state index >= 15 is 0 Å². The van der Waals surface area contributed by atoms with E-state index in [1.165, 1.54) is 32.4 Å². The zero-order chi connectivity index (χ0) is 26.9. The molecule has 0 bridgehead atoms. The summed E-state index contributed by atoms with van der Waals surface area (Å²) in [5.74, 6) is 0.982. The van der Waals surface area contributed by atoms with Gasteiger partial charge in [-0.1, -0.05) is 35.3 Å². The Hall–Kier alpha value is -3.38. The third-order valence-corrected chi connectivity index (χ3v) is 6.16. The van der Waals surface area contributed by atoms with Crippen molar-refractivity contribution in [2.75, 3.05) is 26.1 Å². The van der Waals surface area contributed by atoms with Gasteiger partial charge in [0.05, 0.1) is 36.0 Å². The van der Waals surface area contributed by atoms with Crippen LogP contribution in [0.3, 0.4) is 0 Å². The van der Waals surface area contributed by atoms with Gasteiger partial charge in [-0.05, 0) is 64.3 Å². The Morgan fingerprint density at radius 2 is 1.73 bits per heavy atom. The summed E-state index contributed by atoms with van der Waals surface area (Å²) in [6.45, 7) is 2.53. The number of ether oxygens (including phenoxy) is 4. The van der Waals surface area contributed by atoms with Gasteiger partial charge >= 0.3 is 0 Å². The number of halogens is 3. The quantitative estimate of drug-likeness (QED) is 0.193. The molecule has 7 nitrogen and oxygen atoms in total. The highest BCUT2D eigenvalue weighted by Gasteiger charge is 2.17. The van der Waals surface area contributed by atoms with Crippen LogP contribution in [0, 0.1) is 11.3 Å². The Balaban J connectivity index is 1.88.